The zero-order valence-electron chi connectivity index (χ0n) is 11.1. The van der Waals surface area contributed by atoms with Crippen LogP contribution in [0.1, 0.15) is 0 Å². The molecule has 0 spiro atoms. The molecule has 0 bridgehead atoms. The van der Waals surface area contributed by atoms with Crippen LogP contribution in [0.4, 0.5) is 5.69 Å². The zero-order chi connectivity index (χ0) is 13.2. The van der Waals surface area contributed by atoms with Crippen LogP contribution in [0, 0.1) is 6.07 Å². The van der Waals surface area contributed by atoms with Crippen LogP contribution >= 0.6 is 0 Å². The van der Waals surface area contributed by atoms with Crippen molar-refractivity contribution in [2.24, 2.45) is 0 Å². The second-order valence-corrected chi connectivity index (χ2v) is 4.76. The van der Waals surface area contributed by atoms with Crippen LogP contribution in [-0.2, 0) is 0 Å². The second-order valence-electron chi connectivity index (χ2n) is 4.76. The summed E-state index contributed by atoms with van der Waals surface area (Å²) in [6, 6.07) is 19.9. The van der Waals surface area contributed by atoms with E-state index in [2.05, 4.69) is 52.3 Å². The van der Waals surface area contributed by atoms with E-state index >= 15 is 0 Å². The van der Waals surface area contributed by atoms with E-state index in [0.29, 0.717) is 0 Å². The number of hydrogen-bond acceptors (Lipinski definition) is 2. The molecule has 3 aromatic rings. The molecule has 1 aromatic heterocycles. The standard InChI is InChI=1S/C17H15N2/c1-19(2)16-8-5-13(6-9-16)14-7-10-17-15(12-14)4-3-11-18-17/h3,5-12H,1-2H3. The van der Waals surface area contributed by atoms with Gasteiger partial charge in [0.15, 0.2) is 0 Å². The van der Waals surface area contributed by atoms with Crippen LogP contribution in [0.2, 0.25) is 0 Å². The summed E-state index contributed by atoms with van der Waals surface area (Å²) in [5.41, 5.74) is 4.60. The van der Waals surface area contributed by atoms with Crippen LogP contribution in [-0.4, -0.2) is 19.1 Å². The molecule has 0 aliphatic carbocycles. The van der Waals surface area contributed by atoms with Crippen LogP contribution in [0.25, 0.3) is 22.0 Å². The predicted octanol–water partition coefficient (Wildman–Crippen LogP) is 3.77. The number of anilines is 1. The summed E-state index contributed by atoms with van der Waals surface area (Å²) >= 11 is 0. The molecule has 2 aromatic carbocycles. The minimum absolute atomic E-state index is 0.983. The van der Waals surface area contributed by atoms with E-state index in [9.17, 15) is 0 Å². The van der Waals surface area contributed by atoms with Gasteiger partial charge in [0, 0.05) is 31.4 Å². The first-order valence-corrected chi connectivity index (χ1v) is 6.28. The molecule has 0 aliphatic rings. The molecule has 3 rings (SSSR count). The van der Waals surface area contributed by atoms with E-state index in [1.807, 2.05) is 26.2 Å². The Morgan fingerprint density at radius 3 is 2.42 bits per heavy atom. The number of nitrogens with zero attached hydrogens (tertiary/aromatic N) is 2. The summed E-state index contributed by atoms with van der Waals surface area (Å²) in [6.07, 6.45) is 1.77. The molecule has 0 unspecified atom stereocenters. The Bertz CT molecular complexity index is 700. The molecule has 1 radical (unpaired) electrons. The molecule has 0 saturated carbocycles. The van der Waals surface area contributed by atoms with E-state index in [-0.39, 0.29) is 0 Å². The first-order valence-electron chi connectivity index (χ1n) is 6.28. The van der Waals surface area contributed by atoms with Crippen molar-refractivity contribution in [2.75, 3.05) is 19.0 Å². The minimum Gasteiger partial charge on any atom is -0.378 e. The maximum absolute atomic E-state index is 4.32. The van der Waals surface area contributed by atoms with E-state index < -0.39 is 0 Å². The summed E-state index contributed by atoms with van der Waals surface area (Å²) in [6.45, 7) is 0. The Balaban J connectivity index is 2.03. The Labute approximate surface area is 113 Å². The molecule has 19 heavy (non-hydrogen) atoms. The van der Waals surface area contributed by atoms with Crippen molar-refractivity contribution in [1.29, 1.82) is 0 Å². The van der Waals surface area contributed by atoms with E-state index in [0.717, 1.165) is 10.9 Å². The average molecular weight is 247 g/mol. The van der Waals surface area contributed by atoms with Crippen LogP contribution in [0.5, 0.6) is 0 Å². The first kappa shape index (κ1) is 11.7. The second kappa shape index (κ2) is 4.73. The summed E-state index contributed by atoms with van der Waals surface area (Å²) in [5.74, 6) is 0. The van der Waals surface area contributed by atoms with Crippen molar-refractivity contribution < 1.29 is 0 Å². The van der Waals surface area contributed by atoms with Gasteiger partial charge in [0.05, 0.1) is 5.52 Å². The molecule has 0 aliphatic heterocycles. The van der Waals surface area contributed by atoms with Gasteiger partial charge in [-0.3, -0.25) is 4.98 Å². The predicted molar refractivity (Wildman–Crippen MR) is 80.3 cm³/mol. The summed E-state index contributed by atoms with van der Waals surface area (Å²) in [5, 5.41) is 1.05. The third kappa shape index (κ3) is 2.29. The fourth-order valence-electron chi connectivity index (χ4n) is 2.14. The first-order chi connectivity index (χ1) is 9.24. The molecular formula is C17H15N2. The van der Waals surface area contributed by atoms with Gasteiger partial charge in [0.25, 0.3) is 0 Å². The van der Waals surface area contributed by atoms with Crippen LogP contribution < -0.4 is 4.90 Å². The van der Waals surface area contributed by atoms with Gasteiger partial charge in [-0.2, -0.15) is 0 Å². The van der Waals surface area contributed by atoms with Crippen molar-refractivity contribution in [1.82, 2.24) is 4.98 Å². The summed E-state index contributed by atoms with van der Waals surface area (Å²) in [4.78, 5) is 6.41. The largest absolute Gasteiger partial charge is 0.378 e. The van der Waals surface area contributed by atoms with Gasteiger partial charge in [0.2, 0.25) is 0 Å². The van der Waals surface area contributed by atoms with Crippen LogP contribution in [0.3, 0.4) is 0 Å². The number of aromatic nitrogens is 1. The highest BCUT2D eigenvalue weighted by molar-refractivity contribution is 5.84. The molecule has 1 heterocycles. The van der Waals surface area contributed by atoms with Gasteiger partial charge in [-0.05, 0) is 47.5 Å². The fraction of sp³-hybridized carbons (Fsp3) is 0.118. The molecule has 0 atom stereocenters. The van der Waals surface area contributed by atoms with Gasteiger partial charge >= 0.3 is 0 Å². The normalized spacial score (nSPS) is 10.6. The fourth-order valence-corrected chi connectivity index (χ4v) is 2.14. The lowest BCUT2D eigenvalue weighted by molar-refractivity contribution is 1.13. The molecule has 2 nitrogen and oxygen atoms in total. The van der Waals surface area contributed by atoms with Crippen molar-refractivity contribution in [2.45, 2.75) is 0 Å². The van der Waals surface area contributed by atoms with Gasteiger partial charge in [-0.1, -0.05) is 18.2 Å². The quantitative estimate of drug-likeness (QED) is 0.685. The van der Waals surface area contributed by atoms with Crippen molar-refractivity contribution >= 4 is 16.6 Å². The topological polar surface area (TPSA) is 16.1 Å². The van der Waals surface area contributed by atoms with Gasteiger partial charge < -0.3 is 4.90 Å². The summed E-state index contributed by atoms with van der Waals surface area (Å²) < 4.78 is 0. The monoisotopic (exact) mass is 247 g/mol. The van der Waals surface area contributed by atoms with Crippen molar-refractivity contribution in [3.8, 4) is 11.1 Å². The number of hydrogen-bond donors (Lipinski definition) is 0. The lowest BCUT2D eigenvalue weighted by Gasteiger charge is -2.12. The third-order valence-corrected chi connectivity index (χ3v) is 3.24. The smallest absolute Gasteiger partial charge is 0.0708 e. The summed E-state index contributed by atoms with van der Waals surface area (Å²) in [7, 11) is 4.09. The Morgan fingerprint density at radius 1 is 0.947 bits per heavy atom. The molecule has 2 heteroatoms. The highest BCUT2D eigenvalue weighted by Crippen LogP contribution is 2.25. The maximum Gasteiger partial charge on any atom is 0.0708 e. The molecule has 0 saturated heterocycles. The molecule has 0 amide bonds. The highest BCUT2D eigenvalue weighted by Gasteiger charge is 2.01. The molecular weight excluding hydrogens is 232 g/mol. The Morgan fingerprint density at radius 2 is 1.68 bits per heavy atom. The SMILES string of the molecule is CN(C)c1ccc(-c2ccc3ncc[c]c3c2)cc1. The number of rotatable bonds is 2. The van der Waals surface area contributed by atoms with Gasteiger partial charge in [-0.15, -0.1) is 0 Å². The van der Waals surface area contributed by atoms with E-state index in [1.165, 1.54) is 16.8 Å². The van der Waals surface area contributed by atoms with Crippen LogP contribution in [0.15, 0.2) is 54.7 Å². The molecule has 93 valence electrons. The maximum atomic E-state index is 4.32. The highest BCUT2D eigenvalue weighted by atomic mass is 15.1. The van der Waals surface area contributed by atoms with E-state index in [4.69, 9.17) is 0 Å². The zero-order valence-corrected chi connectivity index (χ0v) is 11.1. The van der Waals surface area contributed by atoms with E-state index in [1.54, 1.807) is 6.20 Å². The molecule has 0 N–H and O–H groups in total. The average Bonchev–Trinajstić information content (AvgIpc) is 2.47. The lowest BCUT2D eigenvalue weighted by Crippen LogP contribution is -2.07. The van der Waals surface area contributed by atoms with Gasteiger partial charge in [0.1, 0.15) is 0 Å². The Hall–Kier alpha value is -2.35. The number of benzene rings is 2. The number of fused-ring (bicyclic) bond motifs is 1. The minimum atomic E-state index is 0.983. The lowest BCUT2D eigenvalue weighted by atomic mass is 10.0. The third-order valence-electron chi connectivity index (χ3n) is 3.24. The van der Waals surface area contributed by atoms with Crippen molar-refractivity contribution in [3.05, 3.63) is 60.8 Å². The van der Waals surface area contributed by atoms with Gasteiger partial charge in [-0.25, -0.2) is 0 Å². The van der Waals surface area contributed by atoms with Crippen molar-refractivity contribution in [3.63, 3.8) is 0 Å². The molecule has 0 fully saturated rings. The number of pyridine rings is 1. The Kier molecular flexibility index (Phi) is 2.92.